The van der Waals surface area contributed by atoms with E-state index in [-0.39, 0.29) is 5.91 Å². The molecule has 1 saturated heterocycles. The van der Waals surface area contributed by atoms with E-state index in [1.165, 1.54) is 12.8 Å². The first kappa shape index (κ1) is 13.5. The fraction of sp³-hybridized carbons (Fsp3) is 0.917. The molecule has 0 aromatic carbocycles. The van der Waals surface area contributed by atoms with Gasteiger partial charge in [0.25, 0.3) is 0 Å². The molecule has 4 heteroatoms. The summed E-state index contributed by atoms with van der Waals surface area (Å²) >= 11 is 0. The van der Waals surface area contributed by atoms with E-state index in [9.17, 15) is 4.79 Å². The zero-order chi connectivity index (χ0) is 12.4. The van der Waals surface area contributed by atoms with Crippen LogP contribution in [0.5, 0.6) is 0 Å². The third-order valence-corrected chi connectivity index (χ3v) is 3.61. The Morgan fingerprint density at radius 1 is 1.56 bits per heavy atom. The SMILES string of the molecule is CNC(C)(CN1CCCC(C)(C)C1)C(N)=O. The highest BCUT2D eigenvalue weighted by Gasteiger charge is 2.35. The summed E-state index contributed by atoms with van der Waals surface area (Å²) in [6.45, 7) is 9.23. The lowest BCUT2D eigenvalue weighted by atomic mass is 9.83. The number of nitrogens with two attached hydrogens (primary N) is 1. The van der Waals surface area contributed by atoms with Gasteiger partial charge in [-0.05, 0) is 38.8 Å². The van der Waals surface area contributed by atoms with Crippen LogP contribution in [0.15, 0.2) is 0 Å². The molecule has 1 aliphatic heterocycles. The summed E-state index contributed by atoms with van der Waals surface area (Å²) in [4.78, 5) is 13.8. The van der Waals surface area contributed by atoms with E-state index in [0.717, 1.165) is 13.1 Å². The molecule has 0 aliphatic carbocycles. The first-order chi connectivity index (χ1) is 7.29. The Bertz CT molecular complexity index is 265. The second-order valence-electron chi connectivity index (χ2n) is 5.92. The molecule has 0 radical (unpaired) electrons. The molecule has 1 amide bonds. The van der Waals surface area contributed by atoms with Crippen molar-refractivity contribution in [3.8, 4) is 0 Å². The summed E-state index contributed by atoms with van der Waals surface area (Å²) in [7, 11) is 1.79. The van der Waals surface area contributed by atoms with Crippen LogP contribution in [0.2, 0.25) is 0 Å². The molecule has 1 rings (SSSR count). The summed E-state index contributed by atoms with van der Waals surface area (Å²) in [5.74, 6) is -0.279. The topological polar surface area (TPSA) is 58.4 Å². The van der Waals surface area contributed by atoms with Gasteiger partial charge in [0, 0.05) is 13.1 Å². The number of hydrogen-bond acceptors (Lipinski definition) is 3. The third kappa shape index (κ3) is 3.19. The van der Waals surface area contributed by atoms with Crippen molar-refractivity contribution in [1.29, 1.82) is 0 Å². The number of piperidine rings is 1. The lowest BCUT2D eigenvalue weighted by Gasteiger charge is -2.41. The fourth-order valence-electron chi connectivity index (χ4n) is 2.41. The van der Waals surface area contributed by atoms with E-state index in [2.05, 4.69) is 24.1 Å². The highest BCUT2D eigenvalue weighted by molar-refractivity contribution is 5.84. The van der Waals surface area contributed by atoms with Crippen LogP contribution in [0.3, 0.4) is 0 Å². The van der Waals surface area contributed by atoms with Crippen molar-refractivity contribution in [3.05, 3.63) is 0 Å². The van der Waals surface area contributed by atoms with Crippen LogP contribution in [0, 0.1) is 5.41 Å². The van der Waals surface area contributed by atoms with Crippen LogP contribution >= 0.6 is 0 Å². The van der Waals surface area contributed by atoms with Crippen LogP contribution in [0.1, 0.15) is 33.6 Å². The van der Waals surface area contributed by atoms with Crippen molar-refractivity contribution >= 4 is 5.91 Å². The van der Waals surface area contributed by atoms with Gasteiger partial charge in [0.15, 0.2) is 0 Å². The quantitative estimate of drug-likeness (QED) is 0.738. The first-order valence-electron chi connectivity index (χ1n) is 6.00. The fourth-order valence-corrected chi connectivity index (χ4v) is 2.41. The van der Waals surface area contributed by atoms with Crippen molar-refractivity contribution < 1.29 is 4.79 Å². The molecule has 0 saturated carbocycles. The maximum Gasteiger partial charge on any atom is 0.238 e. The van der Waals surface area contributed by atoms with Crippen molar-refractivity contribution in [2.75, 3.05) is 26.7 Å². The van der Waals surface area contributed by atoms with Crippen molar-refractivity contribution in [2.24, 2.45) is 11.1 Å². The average molecular weight is 227 g/mol. The molecule has 1 heterocycles. The molecule has 0 aromatic heterocycles. The molecular weight excluding hydrogens is 202 g/mol. The standard InChI is InChI=1S/C12H25N3O/c1-11(2)6-5-7-15(8-11)9-12(3,14-4)10(13)16/h14H,5-9H2,1-4H3,(H2,13,16). The summed E-state index contributed by atoms with van der Waals surface area (Å²) in [5, 5.41) is 3.04. The van der Waals surface area contributed by atoms with Crippen LogP contribution in [0.25, 0.3) is 0 Å². The van der Waals surface area contributed by atoms with Gasteiger partial charge in [-0.25, -0.2) is 0 Å². The Labute approximate surface area is 98.6 Å². The molecule has 1 fully saturated rings. The van der Waals surface area contributed by atoms with Crippen molar-refractivity contribution in [3.63, 3.8) is 0 Å². The number of likely N-dealkylation sites (tertiary alicyclic amines) is 1. The minimum atomic E-state index is -0.618. The third-order valence-electron chi connectivity index (χ3n) is 3.61. The maximum absolute atomic E-state index is 11.4. The van der Waals surface area contributed by atoms with Gasteiger partial charge in [-0.1, -0.05) is 13.8 Å². The lowest BCUT2D eigenvalue weighted by Crippen LogP contribution is -2.60. The Morgan fingerprint density at radius 2 is 2.19 bits per heavy atom. The molecule has 1 aliphatic rings. The number of carbonyl (C=O) groups excluding carboxylic acids is 1. The Morgan fingerprint density at radius 3 is 2.62 bits per heavy atom. The van der Waals surface area contributed by atoms with E-state index >= 15 is 0 Å². The molecule has 4 nitrogen and oxygen atoms in total. The number of rotatable bonds is 4. The number of likely N-dealkylation sites (N-methyl/N-ethyl adjacent to an activating group) is 1. The number of nitrogens with zero attached hydrogens (tertiary/aromatic N) is 1. The Hall–Kier alpha value is -0.610. The second kappa shape index (κ2) is 4.72. The molecule has 0 bridgehead atoms. The first-order valence-corrected chi connectivity index (χ1v) is 6.00. The number of hydrogen-bond donors (Lipinski definition) is 2. The van der Waals surface area contributed by atoms with E-state index in [1.807, 2.05) is 6.92 Å². The van der Waals surface area contributed by atoms with Gasteiger partial charge in [0.1, 0.15) is 5.54 Å². The Balaban J connectivity index is 2.62. The van der Waals surface area contributed by atoms with Gasteiger partial charge < -0.3 is 16.0 Å². The molecule has 1 atom stereocenters. The van der Waals surface area contributed by atoms with Crippen LogP contribution in [-0.2, 0) is 4.79 Å². The zero-order valence-corrected chi connectivity index (χ0v) is 11.0. The van der Waals surface area contributed by atoms with Gasteiger partial charge in [-0.3, -0.25) is 4.79 Å². The molecule has 94 valence electrons. The maximum atomic E-state index is 11.4. The largest absolute Gasteiger partial charge is 0.368 e. The summed E-state index contributed by atoms with van der Waals surface area (Å²) < 4.78 is 0. The minimum Gasteiger partial charge on any atom is -0.368 e. The monoisotopic (exact) mass is 227 g/mol. The van der Waals surface area contributed by atoms with Crippen LogP contribution < -0.4 is 11.1 Å². The van der Waals surface area contributed by atoms with Gasteiger partial charge in [0.05, 0.1) is 0 Å². The van der Waals surface area contributed by atoms with Gasteiger partial charge in [0.2, 0.25) is 5.91 Å². The average Bonchev–Trinajstić information content (AvgIpc) is 2.15. The predicted octanol–water partition coefficient (Wildman–Crippen LogP) is 0.572. The number of carbonyl (C=O) groups is 1. The number of amides is 1. The van der Waals surface area contributed by atoms with E-state index in [0.29, 0.717) is 12.0 Å². The molecule has 1 unspecified atom stereocenters. The predicted molar refractivity (Wildman–Crippen MR) is 66.1 cm³/mol. The summed E-state index contributed by atoms with van der Waals surface area (Å²) in [6, 6.07) is 0. The molecular formula is C12H25N3O. The summed E-state index contributed by atoms with van der Waals surface area (Å²) in [6.07, 6.45) is 2.46. The van der Waals surface area contributed by atoms with E-state index < -0.39 is 5.54 Å². The van der Waals surface area contributed by atoms with Gasteiger partial charge >= 0.3 is 0 Å². The number of nitrogens with one attached hydrogen (secondary N) is 1. The zero-order valence-electron chi connectivity index (χ0n) is 11.0. The van der Waals surface area contributed by atoms with Gasteiger partial charge in [-0.2, -0.15) is 0 Å². The highest BCUT2D eigenvalue weighted by atomic mass is 16.1. The molecule has 16 heavy (non-hydrogen) atoms. The Kier molecular flexibility index (Phi) is 3.97. The van der Waals surface area contributed by atoms with Crippen molar-refractivity contribution in [1.82, 2.24) is 10.2 Å². The van der Waals surface area contributed by atoms with E-state index in [1.54, 1.807) is 7.05 Å². The summed E-state index contributed by atoms with van der Waals surface area (Å²) in [5.41, 5.74) is 5.17. The van der Waals surface area contributed by atoms with Crippen LogP contribution in [0.4, 0.5) is 0 Å². The smallest absolute Gasteiger partial charge is 0.238 e. The lowest BCUT2D eigenvalue weighted by molar-refractivity contribution is -0.124. The van der Waals surface area contributed by atoms with E-state index in [4.69, 9.17) is 5.73 Å². The highest BCUT2D eigenvalue weighted by Crippen LogP contribution is 2.28. The molecule has 3 N–H and O–H groups in total. The molecule has 0 aromatic rings. The van der Waals surface area contributed by atoms with Crippen molar-refractivity contribution in [2.45, 2.75) is 39.2 Å². The van der Waals surface area contributed by atoms with Gasteiger partial charge in [-0.15, -0.1) is 0 Å². The second-order valence-corrected chi connectivity index (χ2v) is 5.92. The minimum absolute atomic E-state index is 0.279. The van der Waals surface area contributed by atoms with Crippen LogP contribution in [-0.4, -0.2) is 43.0 Å². The number of primary amides is 1. The molecule has 0 spiro atoms. The normalized spacial score (nSPS) is 25.0.